The first-order valence-electron chi connectivity index (χ1n) is 4.27. The first-order chi connectivity index (χ1) is 6.38. The van der Waals surface area contributed by atoms with Gasteiger partial charge >= 0.3 is 0 Å². The van der Waals surface area contributed by atoms with Gasteiger partial charge in [0, 0.05) is 23.6 Å². The molecule has 0 bridgehead atoms. The van der Waals surface area contributed by atoms with Gasteiger partial charge in [-0.05, 0) is 18.9 Å². The second-order valence-corrected chi connectivity index (χ2v) is 4.41. The maximum Gasteiger partial charge on any atom is 0.187 e. The molecule has 4 heteroatoms. The lowest BCUT2D eigenvalue weighted by Gasteiger charge is -2.29. The smallest absolute Gasteiger partial charge is 0.187 e. The molecule has 0 aliphatic heterocycles. The van der Waals surface area contributed by atoms with Crippen molar-refractivity contribution in [2.24, 2.45) is 5.92 Å². The summed E-state index contributed by atoms with van der Waals surface area (Å²) in [7, 11) is 0. The summed E-state index contributed by atoms with van der Waals surface area (Å²) in [5, 5.41) is 1.36. The van der Waals surface area contributed by atoms with Crippen LogP contribution >= 0.6 is 11.8 Å². The van der Waals surface area contributed by atoms with Crippen LogP contribution in [0.4, 0.5) is 0 Å². The highest BCUT2D eigenvalue weighted by Gasteiger charge is 2.29. The normalized spacial score (nSPS) is 26.5. The number of hydrogen-bond acceptors (Lipinski definition) is 4. The molecular formula is C9H10N2OS. The molecule has 13 heavy (non-hydrogen) atoms. The third kappa shape index (κ3) is 2.06. The fourth-order valence-electron chi connectivity index (χ4n) is 1.31. The highest BCUT2D eigenvalue weighted by atomic mass is 32.2. The molecule has 3 nitrogen and oxygen atoms in total. The fraction of sp³-hybridized carbons (Fsp3) is 0.444. The van der Waals surface area contributed by atoms with Crippen LogP contribution in [0.5, 0.6) is 0 Å². The Kier molecular flexibility index (Phi) is 2.59. The Bertz CT molecular complexity index is 285. The molecule has 1 aliphatic rings. The van der Waals surface area contributed by atoms with Gasteiger partial charge in [-0.15, -0.1) is 0 Å². The van der Waals surface area contributed by atoms with Crippen LogP contribution < -0.4 is 0 Å². The molecule has 0 saturated heterocycles. The summed E-state index contributed by atoms with van der Waals surface area (Å²) in [4.78, 5) is 18.6. The molecule has 1 heterocycles. The number of aldehydes is 1. The highest BCUT2D eigenvalue weighted by molar-refractivity contribution is 7.99. The summed E-state index contributed by atoms with van der Waals surface area (Å²) >= 11 is 1.67. The topological polar surface area (TPSA) is 42.9 Å². The molecule has 1 saturated carbocycles. The third-order valence-corrected chi connectivity index (χ3v) is 3.28. The van der Waals surface area contributed by atoms with Gasteiger partial charge in [-0.3, -0.25) is 0 Å². The molecule has 1 aliphatic carbocycles. The second kappa shape index (κ2) is 3.87. The van der Waals surface area contributed by atoms with Gasteiger partial charge in [0.25, 0.3) is 0 Å². The van der Waals surface area contributed by atoms with E-state index in [0.717, 1.165) is 24.3 Å². The van der Waals surface area contributed by atoms with Crippen molar-refractivity contribution < 1.29 is 4.79 Å². The number of hydrogen-bond donors (Lipinski definition) is 0. The van der Waals surface area contributed by atoms with Gasteiger partial charge in [0.2, 0.25) is 0 Å². The predicted molar refractivity (Wildman–Crippen MR) is 50.5 cm³/mol. The largest absolute Gasteiger partial charge is 0.303 e. The summed E-state index contributed by atoms with van der Waals surface area (Å²) in [6, 6.07) is 1.80. The molecule has 0 unspecified atom stereocenters. The minimum atomic E-state index is 0.279. The average Bonchev–Trinajstić information content (AvgIpc) is 2.12. The first-order valence-corrected chi connectivity index (χ1v) is 5.15. The minimum absolute atomic E-state index is 0.279. The molecule has 0 aromatic carbocycles. The van der Waals surface area contributed by atoms with E-state index in [4.69, 9.17) is 0 Å². The zero-order valence-corrected chi connectivity index (χ0v) is 7.91. The number of rotatable bonds is 3. The number of carbonyl (C=O) groups is 1. The molecule has 1 aromatic heterocycles. The monoisotopic (exact) mass is 194 g/mol. The van der Waals surface area contributed by atoms with Crippen molar-refractivity contribution in [1.29, 1.82) is 0 Å². The summed E-state index contributed by atoms with van der Waals surface area (Å²) in [5.41, 5.74) is 0. The van der Waals surface area contributed by atoms with E-state index in [0.29, 0.717) is 5.25 Å². The Balaban J connectivity index is 1.84. The van der Waals surface area contributed by atoms with Crippen molar-refractivity contribution in [3.8, 4) is 0 Å². The Labute approximate surface area is 81.0 Å². The van der Waals surface area contributed by atoms with Crippen LogP contribution in [0.2, 0.25) is 0 Å². The second-order valence-electron chi connectivity index (χ2n) is 3.14. The van der Waals surface area contributed by atoms with Gasteiger partial charge in [-0.1, -0.05) is 11.8 Å². The maximum absolute atomic E-state index is 10.3. The number of nitrogens with zero attached hydrogens (tertiary/aromatic N) is 2. The Morgan fingerprint density at radius 2 is 2.08 bits per heavy atom. The molecular weight excluding hydrogens is 184 g/mol. The van der Waals surface area contributed by atoms with Crippen molar-refractivity contribution in [3.05, 3.63) is 18.5 Å². The van der Waals surface area contributed by atoms with E-state index < -0.39 is 0 Å². The van der Waals surface area contributed by atoms with Crippen molar-refractivity contribution in [1.82, 2.24) is 9.97 Å². The van der Waals surface area contributed by atoms with E-state index in [-0.39, 0.29) is 5.92 Å². The fourth-order valence-corrected chi connectivity index (χ4v) is 2.54. The molecule has 68 valence electrons. The van der Waals surface area contributed by atoms with Crippen LogP contribution in [0, 0.1) is 5.92 Å². The SMILES string of the molecule is O=CC1CC(Sc2ncccn2)C1. The van der Waals surface area contributed by atoms with E-state index in [2.05, 4.69) is 9.97 Å². The Morgan fingerprint density at radius 1 is 1.38 bits per heavy atom. The van der Waals surface area contributed by atoms with Gasteiger partial charge < -0.3 is 4.79 Å². The van der Waals surface area contributed by atoms with Crippen LogP contribution in [0.25, 0.3) is 0 Å². The van der Waals surface area contributed by atoms with Gasteiger partial charge in [0.15, 0.2) is 5.16 Å². The Morgan fingerprint density at radius 3 is 2.69 bits per heavy atom. The van der Waals surface area contributed by atoms with Crippen LogP contribution in [0.3, 0.4) is 0 Å². The average molecular weight is 194 g/mol. The summed E-state index contributed by atoms with van der Waals surface area (Å²) in [6.07, 6.45) is 6.48. The maximum atomic E-state index is 10.3. The molecule has 1 aromatic rings. The predicted octanol–water partition coefficient (Wildman–Crippen LogP) is 1.55. The van der Waals surface area contributed by atoms with Crippen molar-refractivity contribution in [3.63, 3.8) is 0 Å². The molecule has 2 rings (SSSR count). The molecule has 0 N–H and O–H groups in total. The van der Waals surface area contributed by atoms with E-state index in [9.17, 15) is 4.79 Å². The lowest BCUT2D eigenvalue weighted by atomic mass is 9.86. The van der Waals surface area contributed by atoms with Crippen molar-refractivity contribution >= 4 is 18.0 Å². The zero-order chi connectivity index (χ0) is 9.10. The van der Waals surface area contributed by atoms with Crippen LogP contribution in [0.15, 0.2) is 23.6 Å². The van der Waals surface area contributed by atoms with E-state index in [1.165, 1.54) is 0 Å². The van der Waals surface area contributed by atoms with E-state index in [1.807, 2.05) is 0 Å². The van der Waals surface area contributed by atoms with Crippen LogP contribution in [0.1, 0.15) is 12.8 Å². The summed E-state index contributed by atoms with van der Waals surface area (Å²) < 4.78 is 0. The van der Waals surface area contributed by atoms with Crippen LogP contribution in [-0.4, -0.2) is 21.5 Å². The zero-order valence-electron chi connectivity index (χ0n) is 7.09. The third-order valence-electron chi connectivity index (χ3n) is 2.14. The molecule has 0 spiro atoms. The molecule has 0 amide bonds. The highest BCUT2D eigenvalue weighted by Crippen LogP contribution is 2.37. The first kappa shape index (κ1) is 8.69. The van der Waals surface area contributed by atoms with Crippen molar-refractivity contribution in [2.45, 2.75) is 23.2 Å². The van der Waals surface area contributed by atoms with Gasteiger partial charge in [0.1, 0.15) is 6.29 Å². The standard InChI is InChI=1S/C9H10N2OS/c12-6-7-4-8(5-7)13-9-10-2-1-3-11-9/h1-3,6-8H,4-5H2. The number of thioether (sulfide) groups is 1. The van der Waals surface area contributed by atoms with Gasteiger partial charge in [-0.2, -0.15) is 0 Å². The number of aromatic nitrogens is 2. The van der Waals surface area contributed by atoms with Gasteiger partial charge in [0.05, 0.1) is 0 Å². The quantitative estimate of drug-likeness (QED) is 0.541. The lowest BCUT2D eigenvalue weighted by molar-refractivity contribution is -0.112. The molecule has 0 radical (unpaired) electrons. The van der Waals surface area contributed by atoms with Crippen molar-refractivity contribution in [2.75, 3.05) is 0 Å². The van der Waals surface area contributed by atoms with E-state index >= 15 is 0 Å². The van der Waals surface area contributed by atoms with Gasteiger partial charge in [-0.25, -0.2) is 9.97 Å². The summed E-state index contributed by atoms with van der Waals surface area (Å²) in [6.45, 7) is 0. The lowest BCUT2D eigenvalue weighted by Crippen LogP contribution is -2.26. The summed E-state index contributed by atoms with van der Waals surface area (Å²) in [5.74, 6) is 0.279. The molecule has 1 fully saturated rings. The minimum Gasteiger partial charge on any atom is -0.303 e. The molecule has 0 atom stereocenters. The van der Waals surface area contributed by atoms with E-state index in [1.54, 1.807) is 30.2 Å². The number of carbonyl (C=O) groups excluding carboxylic acids is 1. The van der Waals surface area contributed by atoms with Crippen LogP contribution in [-0.2, 0) is 4.79 Å². The Hall–Kier alpha value is -0.900.